The zero-order chi connectivity index (χ0) is 12.9. The van der Waals surface area contributed by atoms with E-state index < -0.39 is 5.54 Å². The summed E-state index contributed by atoms with van der Waals surface area (Å²) in [6, 6.07) is 1.58. The van der Waals surface area contributed by atoms with Crippen LogP contribution in [0.5, 0.6) is 0 Å². The lowest BCUT2D eigenvalue weighted by molar-refractivity contribution is 0.132. The predicted molar refractivity (Wildman–Crippen MR) is 67.2 cm³/mol. The lowest BCUT2D eigenvalue weighted by atomic mass is 9.98. The van der Waals surface area contributed by atoms with Gasteiger partial charge in [0.2, 0.25) is 0 Å². The Kier molecular flexibility index (Phi) is 5.11. The number of hydrogen-bond acceptors (Lipinski definition) is 5. The molecule has 1 heterocycles. The highest BCUT2D eigenvalue weighted by molar-refractivity contribution is 6.29. The predicted octanol–water partition coefficient (Wildman–Crippen LogP) is 1.24. The topological polar surface area (TPSA) is 78.3 Å². The summed E-state index contributed by atoms with van der Waals surface area (Å²) in [5.74, 6) is 1.15. The highest BCUT2D eigenvalue weighted by atomic mass is 35.5. The van der Waals surface area contributed by atoms with Crippen molar-refractivity contribution in [2.45, 2.75) is 32.2 Å². The zero-order valence-corrected chi connectivity index (χ0v) is 10.8. The first kappa shape index (κ1) is 14.2. The Labute approximate surface area is 106 Å². The van der Waals surface area contributed by atoms with E-state index in [-0.39, 0.29) is 13.2 Å². The number of anilines is 1. The second-order valence-corrected chi connectivity index (χ2v) is 4.31. The van der Waals surface area contributed by atoms with Gasteiger partial charge in [0.1, 0.15) is 16.8 Å². The summed E-state index contributed by atoms with van der Waals surface area (Å²) in [7, 11) is 0. The van der Waals surface area contributed by atoms with E-state index in [1.807, 2.05) is 13.8 Å². The van der Waals surface area contributed by atoms with Crippen LogP contribution in [-0.4, -0.2) is 38.9 Å². The van der Waals surface area contributed by atoms with Crippen LogP contribution in [0.25, 0.3) is 0 Å². The molecule has 0 aliphatic rings. The number of aromatic nitrogens is 2. The van der Waals surface area contributed by atoms with Gasteiger partial charge in [-0.1, -0.05) is 25.4 Å². The summed E-state index contributed by atoms with van der Waals surface area (Å²) >= 11 is 5.87. The van der Waals surface area contributed by atoms with Gasteiger partial charge in [0.25, 0.3) is 0 Å². The van der Waals surface area contributed by atoms with Gasteiger partial charge in [0, 0.05) is 12.5 Å². The van der Waals surface area contributed by atoms with Gasteiger partial charge in [0.05, 0.1) is 18.8 Å². The Bertz CT molecular complexity index is 361. The molecule has 1 aromatic heterocycles. The molecule has 3 N–H and O–H groups in total. The number of nitrogens with one attached hydrogen (secondary N) is 1. The van der Waals surface area contributed by atoms with Gasteiger partial charge >= 0.3 is 0 Å². The number of rotatable bonds is 6. The van der Waals surface area contributed by atoms with Gasteiger partial charge in [-0.3, -0.25) is 0 Å². The molecule has 96 valence electrons. The summed E-state index contributed by atoms with van der Waals surface area (Å²) < 4.78 is 0. The Hall–Kier alpha value is -0.910. The van der Waals surface area contributed by atoms with Crippen molar-refractivity contribution in [2.75, 3.05) is 18.5 Å². The average Bonchev–Trinajstić information content (AvgIpc) is 2.35. The van der Waals surface area contributed by atoms with E-state index in [9.17, 15) is 10.2 Å². The zero-order valence-electron chi connectivity index (χ0n) is 10.1. The Morgan fingerprint density at radius 3 is 2.41 bits per heavy atom. The van der Waals surface area contributed by atoms with E-state index in [1.54, 1.807) is 6.07 Å². The Balaban J connectivity index is 2.96. The molecule has 0 radical (unpaired) electrons. The molecular weight excluding hydrogens is 242 g/mol. The fraction of sp³-hybridized carbons (Fsp3) is 0.636. The van der Waals surface area contributed by atoms with Crippen LogP contribution in [0.1, 0.15) is 26.1 Å². The number of aliphatic hydroxyl groups excluding tert-OH is 2. The van der Waals surface area contributed by atoms with Gasteiger partial charge in [-0.25, -0.2) is 9.97 Å². The average molecular weight is 260 g/mol. The minimum Gasteiger partial charge on any atom is -0.394 e. The third-order valence-electron chi connectivity index (χ3n) is 2.73. The van der Waals surface area contributed by atoms with Crippen LogP contribution in [0.2, 0.25) is 5.15 Å². The van der Waals surface area contributed by atoms with Crippen molar-refractivity contribution >= 4 is 17.4 Å². The van der Waals surface area contributed by atoms with Crippen LogP contribution in [0.15, 0.2) is 6.07 Å². The Morgan fingerprint density at radius 2 is 1.94 bits per heavy atom. The molecule has 0 aliphatic carbocycles. The molecule has 0 unspecified atom stereocenters. The van der Waals surface area contributed by atoms with Crippen LogP contribution in [0, 0.1) is 0 Å². The quantitative estimate of drug-likeness (QED) is 0.670. The third-order valence-corrected chi connectivity index (χ3v) is 2.93. The lowest BCUT2D eigenvalue weighted by Crippen LogP contribution is -2.45. The fourth-order valence-corrected chi connectivity index (χ4v) is 1.60. The fourth-order valence-electron chi connectivity index (χ4n) is 1.40. The number of hydrogen-bond donors (Lipinski definition) is 3. The summed E-state index contributed by atoms with van der Waals surface area (Å²) in [6.45, 7) is 3.45. The minimum absolute atomic E-state index is 0.177. The SMILES string of the molecule is CCc1nc(Cl)cc(NC(CC)(CO)CO)n1. The normalized spacial score (nSPS) is 11.6. The van der Waals surface area contributed by atoms with Crippen molar-refractivity contribution in [1.82, 2.24) is 9.97 Å². The van der Waals surface area contributed by atoms with Crippen LogP contribution >= 0.6 is 11.6 Å². The molecule has 1 rings (SSSR count). The van der Waals surface area contributed by atoms with Gasteiger partial charge in [-0.2, -0.15) is 0 Å². The van der Waals surface area contributed by atoms with Crippen molar-refractivity contribution in [1.29, 1.82) is 0 Å². The maximum Gasteiger partial charge on any atom is 0.134 e. The van der Waals surface area contributed by atoms with Crippen molar-refractivity contribution in [3.63, 3.8) is 0 Å². The molecule has 6 heteroatoms. The van der Waals surface area contributed by atoms with Gasteiger partial charge in [-0.05, 0) is 6.42 Å². The summed E-state index contributed by atoms with van der Waals surface area (Å²) in [4.78, 5) is 8.30. The maximum absolute atomic E-state index is 9.33. The first-order valence-corrected chi connectivity index (χ1v) is 6.00. The van der Waals surface area contributed by atoms with E-state index in [0.29, 0.717) is 29.6 Å². The highest BCUT2D eigenvalue weighted by Crippen LogP contribution is 2.19. The Morgan fingerprint density at radius 1 is 1.29 bits per heavy atom. The number of aliphatic hydroxyl groups is 2. The van der Waals surface area contributed by atoms with E-state index in [1.165, 1.54) is 0 Å². The summed E-state index contributed by atoms with van der Waals surface area (Å²) in [5, 5.41) is 22.0. The molecule has 0 fully saturated rings. The molecule has 5 nitrogen and oxygen atoms in total. The van der Waals surface area contributed by atoms with Crippen molar-refractivity contribution in [2.24, 2.45) is 0 Å². The summed E-state index contributed by atoms with van der Waals surface area (Å²) in [6.07, 6.45) is 1.25. The molecule has 0 saturated heterocycles. The van der Waals surface area contributed by atoms with Crippen LogP contribution < -0.4 is 5.32 Å². The van der Waals surface area contributed by atoms with Crippen molar-refractivity contribution in [3.05, 3.63) is 17.0 Å². The largest absolute Gasteiger partial charge is 0.394 e. The molecule has 0 aliphatic heterocycles. The first-order valence-electron chi connectivity index (χ1n) is 5.62. The monoisotopic (exact) mass is 259 g/mol. The molecule has 1 aromatic rings. The smallest absolute Gasteiger partial charge is 0.134 e. The second-order valence-electron chi connectivity index (χ2n) is 3.92. The van der Waals surface area contributed by atoms with Crippen LogP contribution in [0.4, 0.5) is 5.82 Å². The first-order chi connectivity index (χ1) is 8.09. The third kappa shape index (κ3) is 3.52. The van der Waals surface area contributed by atoms with E-state index in [0.717, 1.165) is 0 Å². The highest BCUT2D eigenvalue weighted by Gasteiger charge is 2.26. The molecule has 0 spiro atoms. The van der Waals surface area contributed by atoms with Crippen molar-refractivity contribution in [3.8, 4) is 0 Å². The van der Waals surface area contributed by atoms with E-state index >= 15 is 0 Å². The lowest BCUT2D eigenvalue weighted by Gasteiger charge is -2.30. The van der Waals surface area contributed by atoms with E-state index in [2.05, 4.69) is 15.3 Å². The molecule has 0 saturated carbocycles. The second kappa shape index (κ2) is 6.14. The molecular formula is C11H18ClN3O2. The molecule has 0 bridgehead atoms. The van der Waals surface area contributed by atoms with Gasteiger partial charge in [-0.15, -0.1) is 0 Å². The minimum atomic E-state index is -0.775. The summed E-state index contributed by atoms with van der Waals surface area (Å²) in [5.41, 5.74) is -0.775. The number of aryl methyl sites for hydroxylation is 1. The van der Waals surface area contributed by atoms with Crippen LogP contribution in [0.3, 0.4) is 0 Å². The molecule has 0 aromatic carbocycles. The maximum atomic E-state index is 9.33. The van der Waals surface area contributed by atoms with Crippen LogP contribution in [-0.2, 0) is 6.42 Å². The standard InChI is InChI=1S/C11H18ClN3O2/c1-3-9-13-8(12)5-10(14-9)15-11(4-2,6-16)7-17/h5,16-17H,3-4,6-7H2,1-2H3,(H,13,14,15). The van der Waals surface area contributed by atoms with Gasteiger partial charge < -0.3 is 15.5 Å². The van der Waals surface area contributed by atoms with Gasteiger partial charge in [0.15, 0.2) is 0 Å². The molecule has 0 amide bonds. The van der Waals surface area contributed by atoms with E-state index in [4.69, 9.17) is 11.6 Å². The molecule has 0 atom stereocenters. The van der Waals surface area contributed by atoms with Crippen molar-refractivity contribution < 1.29 is 10.2 Å². The number of halogens is 1. The molecule has 17 heavy (non-hydrogen) atoms. The number of nitrogens with zero attached hydrogens (tertiary/aromatic N) is 2.